The van der Waals surface area contributed by atoms with E-state index in [1.807, 2.05) is 30.0 Å². The normalized spacial score (nSPS) is 16.4. The number of carbonyl (C=O) groups excluding carboxylic acids is 1. The van der Waals surface area contributed by atoms with Crippen molar-refractivity contribution in [2.24, 2.45) is 0 Å². The van der Waals surface area contributed by atoms with E-state index in [2.05, 4.69) is 10.00 Å². The van der Waals surface area contributed by atoms with Gasteiger partial charge in [-0.05, 0) is 56.7 Å². The lowest BCUT2D eigenvalue weighted by Gasteiger charge is -2.31. The van der Waals surface area contributed by atoms with Gasteiger partial charge in [-0.3, -0.25) is 9.20 Å². The maximum absolute atomic E-state index is 12.9. The highest BCUT2D eigenvalue weighted by Gasteiger charge is 2.24. The highest BCUT2D eigenvalue weighted by molar-refractivity contribution is 5.94. The Morgan fingerprint density at radius 1 is 1.12 bits per heavy atom. The lowest BCUT2D eigenvalue weighted by atomic mass is 10.0. The highest BCUT2D eigenvalue weighted by atomic mass is 16.5. The molecule has 0 saturated carbocycles. The van der Waals surface area contributed by atoms with Gasteiger partial charge in [-0.15, -0.1) is 5.10 Å². The average molecular weight is 437 g/mol. The van der Waals surface area contributed by atoms with Gasteiger partial charge < -0.3 is 14.5 Å². The molecule has 0 radical (unpaired) electrons. The minimum atomic E-state index is -0.224. The van der Waals surface area contributed by atoms with Gasteiger partial charge in [-0.25, -0.2) is 9.78 Å². The third-order valence-electron chi connectivity index (χ3n) is 6.21. The van der Waals surface area contributed by atoms with Crippen molar-refractivity contribution in [1.82, 2.24) is 24.1 Å². The van der Waals surface area contributed by atoms with E-state index in [4.69, 9.17) is 9.72 Å². The average Bonchev–Trinajstić information content (AvgIpc) is 3.16. The number of aryl methyl sites for hydroxylation is 1. The van der Waals surface area contributed by atoms with E-state index in [1.54, 1.807) is 12.4 Å². The van der Waals surface area contributed by atoms with Gasteiger partial charge in [0.2, 0.25) is 0 Å². The van der Waals surface area contributed by atoms with Crippen LogP contribution in [-0.4, -0.2) is 56.2 Å². The van der Waals surface area contributed by atoms with E-state index in [0.29, 0.717) is 17.8 Å². The summed E-state index contributed by atoms with van der Waals surface area (Å²) in [5.41, 5.74) is 3.02. The molecule has 0 spiro atoms. The molecular weight excluding hydrogens is 408 g/mol. The van der Waals surface area contributed by atoms with Gasteiger partial charge in [0.1, 0.15) is 12.5 Å². The summed E-state index contributed by atoms with van der Waals surface area (Å²) >= 11 is 0. The first kappa shape index (κ1) is 20.7. The van der Waals surface area contributed by atoms with E-state index >= 15 is 0 Å². The van der Waals surface area contributed by atoms with Crippen LogP contribution >= 0.6 is 0 Å². The molecule has 0 aliphatic carbocycles. The number of piperidine rings is 1. The molecule has 9 nitrogen and oxygen atoms in total. The van der Waals surface area contributed by atoms with E-state index in [1.165, 1.54) is 15.5 Å². The molecule has 3 aromatic heterocycles. The smallest absolute Gasteiger partial charge is 0.352 e. The summed E-state index contributed by atoms with van der Waals surface area (Å²) in [6.07, 6.45) is 8.64. The number of hydrogen-bond donors (Lipinski definition) is 0. The fourth-order valence-corrected chi connectivity index (χ4v) is 4.55. The number of amides is 1. The first-order valence-corrected chi connectivity index (χ1v) is 11.4. The highest BCUT2D eigenvalue weighted by Crippen LogP contribution is 2.32. The zero-order chi connectivity index (χ0) is 22.1. The molecule has 0 aromatic carbocycles. The van der Waals surface area contributed by atoms with Crippen LogP contribution in [0.4, 0.5) is 11.5 Å². The zero-order valence-electron chi connectivity index (χ0n) is 18.4. The number of likely N-dealkylation sites (tertiary alicyclic amines) is 1. The fraction of sp³-hybridized carbons (Fsp3) is 0.478. The second-order valence-corrected chi connectivity index (χ2v) is 8.33. The van der Waals surface area contributed by atoms with Crippen LogP contribution < -0.4 is 10.6 Å². The molecule has 5 rings (SSSR count). The molecule has 0 unspecified atom stereocenters. The quantitative estimate of drug-likeness (QED) is 0.611. The molecule has 1 saturated heterocycles. The molecule has 3 aromatic rings. The molecule has 0 N–H and O–H groups in total. The van der Waals surface area contributed by atoms with Gasteiger partial charge in [0.05, 0.1) is 5.56 Å². The zero-order valence-corrected chi connectivity index (χ0v) is 18.4. The minimum Gasteiger partial charge on any atom is -0.359 e. The molecule has 2 aliphatic rings. The Morgan fingerprint density at radius 3 is 2.78 bits per heavy atom. The molecule has 0 bridgehead atoms. The number of fused-ring (bicyclic) bond motifs is 2. The summed E-state index contributed by atoms with van der Waals surface area (Å²) in [5, 5.41) is 4.40. The number of pyridine rings is 2. The van der Waals surface area contributed by atoms with Crippen LogP contribution in [-0.2, 0) is 17.9 Å². The van der Waals surface area contributed by atoms with Gasteiger partial charge in [0.15, 0.2) is 5.65 Å². The summed E-state index contributed by atoms with van der Waals surface area (Å²) in [7, 11) is 0. The Kier molecular flexibility index (Phi) is 5.65. The largest absolute Gasteiger partial charge is 0.359 e. The minimum absolute atomic E-state index is 0.0813. The SMILES string of the molecule is CCOCn1nc2cc(N3CCCc4cc(C(=O)N5CCCCC5)cnc43)ccn2c1=O. The number of aromatic nitrogens is 4. The first-order valence-electron chi connectivity index (χ1n) is 11.4. The molecule has 1 fully saturated rings. The van der Waals surface area contributed by atoms with Crippen LogP contribution in [0, 0.1) is 0 Å². The van der Waals surface area contributed by atoms with Crippen LogP contribution in [0.25, 0.3) is 5.65 Å². The number of rotatable bonds is 5. The molecule has 32 heavy (non-hydrogen) atoms. The first-order chi connectivity index (χ1) is 15.7. The van der Waals surface area contributed by atoms with Crippen LogP contribution in [0.5, 0.6) is 0 Å². The Balaban J connectivity index is 1.44. The number of ether oxygens (including phenoxy) is 1. The Hall–Kier alpha value is -3.20. The van der Waals surface area contributed by atoms with Crippen molar-refractivity contribution >= 4 is 23.1 Å². The van der Waals surface area contributed by atoms with Crippen LogP contribution in [0.2, 0.25) is 0 Å². The van der Waals surface area contributed by atoms with Gasteiger partial charge in [-0.2, -0.15) is 4.68 Å². The number of anilines is 2. The lowest BCUT2D eigenvalue weighted by Crippen LogP contribution is -2.36. The summed E-state index contributed by atoms with van der Waals surface area (Å²) in [6.45, 7) is 5.01. The van der Waals surface area contributed by atoms with Crippen molar-refractivity contribution in [2.75, 3.05) is 31.1 Å². The number of carbonyl (C=O) groups is 1. The molecule has 2 aliphatic heterocycles. The van der Waals surface area contributed by atoms with Crippen molar-refractivity contribution < 1.29 is 9.53 Å². The molecular formula is C23H28N6O3. The summed E-state index contributed by atoms with van der Waals surface area (Å²) in [6, 6.07) is 5.81. The second kappa shape index (κ2) is 8.74. The van der Waals surface area contributed by atoms with E-state index in [-0.39, 0.29) is 18.3 Å². The van der Waals surface area contributed by atoms with Gasteiger partial charge in [0, 0.05) is 50.4 Å². The Morgan fingerprint density at radius 2 is 1.97 bits per heavy atom. The van der Waals surface area contributed by atoms with Crippen LogP contribution in [0.1, 0.15) is 48.5 Å². The summed E-state index contributed by atoms with van der Waals surface area (Å²) in [5.74, 6) is 0.949. The van der Waals surface area contributed by atoms with E-state index in [0.717, 1.165) is 62.4 Å². The van der Waals surface area contributed by atoms with Crippen molar-refractivity contribution in [1.29, 1.82) is 0 Å². The Labute approximate surface area is 186 Å². The Bertz CT molecular complexity index is 1190. The second-order valence-electron chi connectivity index (χ2n) is 8.33. The van der Waals surface area contributed by atoms with Crippen LogP contribution in [0.15, 0.2) is 35.4 Å². The molecule has 0 atom stereocenters. The van der Waals surface area contributed by atoms with E-state index < -0.39 is 0 Å². The summed E-state index contributed by atoms with van der Waals surface area (Å²) < 4.78 is 8.17. The van der Waals surface area contributed by atoms with Crippen molar-refractivity contribution in [3.05, 3.63) is 52.2 Å². The maximum atomic E-state index is 12.9. The summed E-state index contributed by atoms with van der Waals surface area (Å²) in [4.78, 5) is 34.2. The fourth-order valence-electron chi connectivity index (χ4n) is 4.55. The third kappa shape index (κ3) is 3.77. The number of nitrogens with zero attached hydrogens (tertiary/aromatic N) is 6. The van der Waals surface area contributed by atoms with Crippen molar-refractivity contribution in [3.63, 3.8) is 0 Å². The van der Waals surface area contributed by atoms with Gasteiger partial charge >= 0.3 is 5.69 Å². The standard InChI is InChI=1S/C23H28N6O3/c1-2-32-16-29-23(31)28-12-8-19(14-20(28)25-29)27-11-6-7-17-13-18(15-24-21(17)27)22(30)26-9-4-3-5-10-26/h8,12-15H,2-7,9-11,16H2,1H3. The lowest BCUT2D eigenvalue weighted by molar-refractivity contribution is 0.0723. The number of hydrogen-bond acceptors (Lipinski definition) is 6. The molecule has 168 valence electrons. The predicted octanol–water partition coefficient (Wildman–Crippen LogP) is 2.60. The van der Waals surface area contributed by atoms with Crippen molar-refractivity contribution in [3.8, 4) is 0 Å². The third-order valence-corrected chi connectivity index (χ3v) is 6.21. The maximum Gasteiger partial charge on any atom is 0.352 e. The van der Waals surface area contributed by atoms with Crippen LogP contribution in [0.3, 0.4) is 0 Å². The monoisotopic (exact) mass is 436 g/mol. The van der Waals surface area contributed by atoms with Gasteiger partial charge in [0.25, 0.3) is 5.91 Å². The predicted molar refractivity (Wildman–Crippen MR) is 120 cm³/mol. The topological polar surface area (TPSA) is 85.0 Å². The molecule has 5 heterocycles. The molecule has 1 amide bonds. The van der Waals surface area contributed by atoms with Crippen molar-refractivity contribution in [2.45, 2.75) is 45.8 Å². The van der Waals surface area contributed by atoms with Gasteiger partial charge in [-0.1, -0.05) is 0 Å². The van der Waals surface area contributed by atoms with E-state index in [9.17, 15) is 9.59 Å². The molecule has 9 heteroatoms.